The molecule has 0 aliphatic heterocycles. The quantitative estimate of drug-likeness (QED) is 0.630. The maximum Gasteiger partial charge on any atom is 0.303 e. The summed E-state index contributed by atoms with van der Waals surface area (Å²) >= 11 is 0. The molecule has 0 amide bonds. The molecule has 11 heavy (non-hydrogen) atoms. The third-order valence-corrected chi connectivity index (χ3v) is 2.28. The van der Waals surface area contributed by atoms with E-state index in [1.807, 2.05) is 0 Å². The lowest BCUT2D eigenvalue weighted by atomic mass is 9.85. The first-order chi connectivity index (χ1) is 5.18. The molecule has 0 unspecified atom stereocenters. The van der Waals surface area contributed by atoms with Crippen LogP contribution in [0.2, 0.25) is 0 Å². The zero-order valence-electron chi connectivity index (χ0n) is 6.49. The van der Waals surface area contributed by atoms with Crippen molar-refractivity contribution in [2.45, 2.75) is 38.2 Å². The highest BCUT2D eigenvalue weighted by atomic mass is 16.4. The summed E-state index contributed by atoms with van der Waals surface area (Å²) in [6.07, 6.45) is 3.38. The molecular weight excluding hydrogens is 144 g/mol. The molecule has 1 aliphatic rings. The van der Waals surface area contributed by atoms with E-state index in [-0.39, 0.29) is 12.5 Å². The number of aliphatic carboxylic acids is 1. The van der Waals surface area contributed by atoms with Crippen molar-refractivity contribution >= 4 is 5.97 Å². The topological polar surface area (TPSA) is 57.5 Å². The molecule has 1 saturated carbocycles. The van der Waals surface area contributed by atoms with Crippen molar-refractivity contribution in [3.05, 3.63) is 0 Å². The predicted molar refractivity (Wildman–Crippen MR) is 40.2 cm³/mol. The Morgan fingerprint density at radius 1 is 1.27 bits per heavy atom. The number of carbonyl (C=O) groups is 1. The molecule has 0 radical (unpaired) electrons. The molecule has 0 aromatic carbocycles. The first-order valence-corrected chi connectivity index (χ1v) is 4.08. The number of rotatable bonds is 2. The third-order valence-electron chi connectivity index (χ3n) is 2.28. The predicted octanol–water partition coefficient (Wildman–Crippen LogP) is 1.01. The van der Waals surface area contributed by atoms with Crippen LogP contribution < -0.4 is 0 Å². The summed E-state index contributed by atoms with van der Waals surface area (Å²) in [5.41, 5.74) is 0. The molecule has 64 valence electrons. The Balaban J connectivity index is 2.22. The van der Waals surface area contributed by atoms with Gasteiger partial charge in [-0.25, -0.2) is 0 Å². The Kier molecular flexibility index (Phi) is 2.88. The highest BCUT2D eigenvalue weighted by Gasteiger charge is 2.20. The lowest BCUT2D eigenvalue weighted by molar-refractivity contribution is -0.138. The Morgan fingerprint density at radius 3 is 2.27 bits per heavy atom. The maximum atomic E-state index is 10.3. The molecular formula is C8H14O3. The van der Waals surface area contributed by atoms with Crippen molar-refractivity contribution in [1.82, 2.24) is 0 Å². The Hall–Kier alpha value is -0.570. The zero-order chi connectivity index (χ0) is 8.27. The van der Waals surface area contributed by atoms with E-state index < -0.39 is 5.97 Å². The van der Waals surface area contributed by atoms with Gasteiger partial charge in [0.2, 0.25) is 0 Å². The van der Waals surface area contributed by atoms with Gasteiger partial charge in [-0.1, -0.05) is 0 Å². The monoisotopic (exact) mass is 158 g/mol. The third kappa shape index (κ3) is 2.89. The molecule has 3 nitrogen and oxygen atoms in total. The molecule has 1 fully saturated rings. The fourth-order valence-corrected chi connectivity index (χ4v) is 1.60. The summed E-state index contributed by atoms with van der Waals surface area (Å²) in [4.78, 5) is 10.3. The minimum absolute atomic E-state index is 0.181. The minimum atomic E-state index is -0.716. The van der Waals surface area contributed by atoms with Crippen LogP contribution >= 0.6 is 0 Å². The second kappa shape index (κ2) is 3.72. The summed E-state index contributed by atoms with van der Waals surface area (Å²) in [6.45, 7) is 0. The van der Waals surface area contributed by atoms with Gasteiger partial charge in [0.1, 0.15) is 0 Å². The van der Waals surface area contributed by atoms with Crippen LogP contribution in [-0.4, -0.2) is 22.3 Å². The van der Waals surface area contributed by atoms with E-state index in [1.165, 1.54) is 0 Å². The highest BCUT2D eigenvalue weighted by Crippen LogP contribution is 2.26. The number of carboxylic acid groups (broad SMARTS) is 1. The van der Waals surface area contributed by atoms with Crippen molar-refractivity contribution in [2.75, 3.05) is 0 Å². The second-order valence-electron chi connectivity index (χ2n) is 3.27. The SMILES string of the molecule is O=C(O)C[C@H]1CC[C@@H](O)CC1. The molecule has 0 saturated heterocycles. The summed E-state index contributed by atoms with van der Waals surface area (Å²) in [7, 11) is 0. The fraction of sp³-hybridized carbons (Fsp3) is 0.875. The largest absolute Gasteiger partial charge is 0.481 e. The van der Waals surface area contributed by atoms with Gasteiger partial charge >= 0.3 is 5.97 Å². The number of hydrogen-bond acceptors (Lipinski definition) is 2. The van der Waals surface area contributed by atoms with Gasteiger partial charge in [0.25, 0.3) is 0 Å². The first-order valence-electron chi connectivity index (χ1n) is 4.08. The van der Waals surface area contributed by atoms with E-state index >= 15 is 0 Å². The van der Waals surface area contributed by atoms with Crippen LogP contribution in [0.5, 0.6) is 0 Å². The van der Waals surface area contributed by atoms with Gasteiger partial charge in [-0.05, 0) is 31.6 Å². The van der Waals surface area contributed by atoms with Gasteiger partial charge in [0.05, 0.1) is 6.10 Å². The lowest BCUT2D eigenvalue weighted by Gasteiger charge is -2.23. The Labute approximate surface area is 66.0 Å². The zero-order valence-corrected chi connectivity index (χ0v) is 6.49. The van der Waals surface area contributed by atoms with Gasteiger partial charge in [-0.3, -0.25) is 4.79 Å². The van der Waals surface area contributed by atoms with Crippen molar-refractivity contribution in [1.29, 1.82) is 0 Å². The first kappa shape index (κ1) is 8.53. The van der Waals surface area contributed by atoms with Crippen molar-refractivity contribution in [3.63, 3.8) is 0 Å². The molecule has 0 aromatic rings. The van der Waals surface area contributed by atoms with E-state index in [1.54, 1.807) is 0 Å². The lowest BCUT2D eigenvalue weighted by Crippen LogP contribution is -2.20. The van der Waals surface area contributed by atoms with Crippen molar-refractivity contribution < 1.29 is 15.0 Å². The number of aliphatic hydroxyl groups is 1. The van der Waals surface area contributed by atoms with E-state index in [9.17, 15) is 4.79 Å². The standard InChI is InChI=1S/C8H14O3/c9-7-3-1-6(2-4-7)5-8(10)11/h6-7,9H,1-5H2,(H,10,11)/t6-,7+. The van der Waals surface area contributed by atoms with E-state index in [4.69, 9.17) is 10.2 Å². The van der Waals surface area contributed by atoms with Crippen LogP contribution in [-0.2, 0) is 4.79 Å². The molecule has 1 aliphatic carbocycles. The van der Waals surface area contributed by atoms with E-state index in [0.717, 1.165) is 25.7 Å². The number of carboxylic acids is 1. The van der Waals surface area contributed by atoms with Crippen LogP contribution in [0.4, 0.5) is 0 Å². The molecule has 3 heteroatoms. The van der Waals surface area contributed by atoms with Gasteiger partial charge < -0.3 is 10.2 Å². The summed E-state index contributed by atoms with van der Waals surface area (Å²) in [5.74, 6) is -0.415. The van der Waals surface area contributed by atoms with Crippen LogP contribution in [0.1, 0.15) is 32.1 Å². The smallest absolute Gasteiger partial charge is 0.303 e. The molecule has 0 atom stereocenters. The van der Waals surface area contributed by atoms with Crippen LogP contribution in [0.3, 0.4) is 0 Å². The van der Waals surface area contributed by atoms with E-state index in [2.05, 4.69) is 0 Å². The van der Waals surface area contributed by atoms with Gasteiger partial charge in [0.15, 0.2) is 0 Å². The van der Waals surface area contributed by atoms with Crippen LogP contribution in [0, 0.1) is 5.92 Å². The molecule has 1 rings (SSSR count). The average Bonchev–Trinajstić information content (AvgIpc) is 1.93. The minimum Gasteiger partial charge on any atom is -0.481 e. The van der Waals surface area contributed by atoms with Gasteiger partial charge in [-0.15, -0.1) is 0 Å². The summed E-state index contributed by atoms with van der Waals surface area (Å²) in [6, 6.07) is 0. The highest BCUT2D eigenvalue weighted by molar-refractivity contribution is 5.67. The van der Waals surface area contributed by atoms with Crippen LogP contribution in [0.25, 0.3) is 0 Å². The maximum absolute atomic E-state index is 10.3. The molecule has 0 heterocycles. The van der Waals surface area contributed by atoms with Crippen LogP contribution in [0.15, 0.2) is 0 Å². The molecule has 0 bridgehead atoms. The van der Waals surface area contributed by atoms with Gasteiger partial charge in [-0.2, -0.15) is 0 Å². The summed E-state index contributed by atoms with van der Waals surface area (Å²) in [5, 5.41) is 17.6. The Morgan fingerprint density at radius 2 is 1.82 bits per heavy atom. The molecule has 0 aromatic heterocycles. The van der Waals surface area contributed by atoms with Crippen molar-refractivity contribution in [3.8, 4) is 0 Å². The molecule has 2 N–H and O–H groups in total. The Bertz CT molecular complexity index is 136. The average molecular weight is 158 g/mol. The number of hydrogen-bond donors (Lipinski definition) is 2. The van der Waals surface area contributed by atoms with Crippen molar-refractivity contribution in [2.24, 2.45) is 5.92 Å². The number of aliphatic hydroxyl groups excluding tert-OH is 1. The van der Waals surface area contributed by atoms with E-state index in [0.29, 0.717) is 5.92 Å². The van der Waals surface area contributed by atoms with Gasteiger partial charge in [0, 0.05) is 6.42 Å². The molecule has 0 spiro atoms. The second-order valence-corrected chi connectivity index (χ2v) is 3.27. The fourth-order valence-electron chi connectivity index (χ4n) is 1.60. The normalized spacial score (nSPS) is 31.7. The summed E-state index contributed by atoms with van der Waals surface area (Å²) < 4.78 is 0.